The van der Waals surface area contributed by atoms with Crippen LogP contribution >= 0.6 is 19.0 Å². The highest BCUT2D eigenvalue weighted by Gasteiger charge is 2.76. The van der Waals surface area contributed by atoms with Crippen molar-refractivity contribution in [2.24, 2.45) is 11.3 Å². The maximum atomic E-state index is 13.1. The van der Waals surface area contributed by atoms with Crippen molar-refractivity contribution in [2.45, 2.75) is 51.2 Å². The summed E-state index contributed by atoms with van der Waals surface area (Å²) in [5.41, 5.74) is 6.82. The molecule has 0 unspecified atom stereocenters. The van der Waals surface area contributed by atoms with Crippen LogP contribution in [0, 0.1) is 11.3 Å². The van der Waals surface area contributed by atoms with Gasteiger partial charge in [-0.1, -0.05) is 0 Å². The average molecular weight is 442 g/mol. The molecule has 2 aliphatic carbocycles. The van der Waals surface area contributed by atoms with Gasteiger partial charge in [0.1, 0.15) is 11.6 Å². The van der Waals surface area contributed by atoms with Gasteiger partial charge in [-0.3, -0.25) is 4.57 Å². The Labute approximate surface area is 173 Å². The molecule has 5 rings (SSSR count). The van der Waals surface area contributed by atoms with Crippen LogP contribution in [0.1, 0.15) is 33.2 Å². The number of hydrogen-bond donors (Lipinski definition) is 1. The monoisotopic (exact) mass is 441 g/mol. The van der Waals surface area contributed by atoms with Gasteiger partial charge in [0, 0.05) is 18.2 Å². The highest BCUT2D eigenvalue weighted by molar-refractivity contribution is 7.58. The van der Waals surface area contributed by atoms with Gasteiger partial charge in [0.2, 0.25) is 12.7 Å². The van der Waals surface area contributed by atoms with Crippen LogP contribution in [-0.4, -0.2) is 56.9 Å². The lowest BCUT2D eigenvalue weighted by Crippen LogP contribution is -2.33. The molecule has 11 heteroatoms. The van der Waals surface area contributed by atoms with E-state index in [4.69, 9.17) is 31.3 Å². The predicted molar refractivity (Wildman–Crippen MR) is 108 cm³/mol. The van der Waals surface area contributed by atoms with Gasteiger partial charge in [0.15, 0.2) is 17.3 Å². The Kier molecular flexibility index (Phi) is 4.17. The van der Waals surface area contributed by atoms with Crippen LogP contribution in [0.4, 0.5) is 5.82 Å². The number of hydrogen-bond acceptors (Lipinski definition) is 8. The van der Waals surface area contributed by atoms with E-state index in [0.717, 1.165) is 6.42 Å². The fourth-order valence-electron chi connectivity index (χ4n) is 5.46. The Balaban J connectivity index is 1.58. The summed E-state index contributed by atoms with van der Waals surface area (Å²) in [7, 11) is -2.75. The third-order valence-corrected chi connectivity index (χ3v) is 8.49. The Morgan fingerprint density at radius 3 is 2.90 bits per heavy atom. The van der Waals surface area contributed by atoms with Crippen molar-refractivity contribution in [3.05, 3.63) is 11.6 Å². The Hall–Kier alpha value is -1.25. The number of imidazole rings is 1. The van der Waals surface area contributed by atoms with Crippen LogP contribution in [0.3, 0.4) is 0 Å². The molecule has 6 atom stereocenters. The predicted octanol–water partition coefficient (Wildman–Crippen LogP) is 3.09. The van der Waals surface area contributed by atoms with Gasteiger partial charge in [-0.05, 0) is 44.7 Å². The van der Waals surface area contributed by atoms with Crippen LogP contribution in [0.2, 0.25) is 5.28 Å². The molecule has 1 aliphatic heterocycles. The van der Waals surface area contributed by atoms with Crippen molar-refractivity contribution in [1.82, 2.24) is 19.5 Å². The quantitative estimate of drug-likeness (QED) is 0.556. The zero-order chi connectivity index (χ0) is 20.8. The van der Waals surface area contributed by atoms with E-state index < -0.39 is 13.2 Å². The molecule has 158 valence electrons. The van der Waals surface area contributed by atoms with E-state index in [1.54, 1.807) is 13.0 Å². The molecular weight excluding hydrogens is 417 g/mol. The lowest BCUT2D eigenvalue weighted by Gasteiger charge is -2.25. The molecule has 9 nitrogen and oxygen atoms in total. The van der Waals surface area contributed by atoms with Crippen LogP contribution in [0.25, 0.3) is 11.2 Å². The molecule has 3 fully saturated rings. The second-order valence-electron chi connectivity index (χ2n) is 8.85. The molecule has 2 aromatic rings. The van der Waals surface area contributed by atoms with Gasteiger partial charge >= 0.3 is 0 Å². The standard InChI is InChI=1S/C18H25ClN5O4P/c1-5-26-29(4,25)7-18-6-9(18)11(12-13(18)28-17(2,3)27-12)24-8-21-10-14(20)22-16(19)23-15(10)24/h8-9,11-13H,5-7H2,1-4H3,(H2,20,22,23)/t9-,11-,12+,13+,18-,29+/m1/s1. The van der Waals surface area contributed by atoms with Crippen molar-refractivity contribution in [1.29, 1.82) is 0 Å². The van der Waals surface area contributed by atoms with Gasteiger partial charge in [0.25, 0.3) is 0 Å². The van der Waals surface area contributed by atoms with Gasteiger partial charge in [0.05, 0.1) is 25.1 Å². The minimum absolute atomic E-state index is 0.0706. The lowest BCUT2D eigenvalue weighted by atomic mass is 10.0. The van der Waals surface area contributed by atoms with Crippen LogP contribution in [0.15, 0.2) is 6.33 Å². The van der Waals surface area contributed by atoms with Crippen LogP contribution < -0.4 is 5.73 Å². The zero-order valence-electron chi connectivity index (χ0n) is 16.8. The van der Waals surface area contributed by atoms with E-state index in [1.807, 2.05) is 25.3 Å². The summed E-state index contributed by atoms with van der Waals surface area (Å²) in [4.78, 5) is 12.8. The molecule has 0 aromatic carbocycles. The molecule has 0 spiro atoms. The number of ether oxygens (including phenoxy) is 2. The van der Waals surface area contributed by atoms with Crippen LogP contribution in [-0.2, 0) is 18.6 Å². The maximum absolute atomic E-state index is 13.1. The summed E-state index contributed by atoms with van der Waals surface area (Å²) in [5, 5.41) is 0.0756. The van der Waals surface area contributed by atoms with Crippen LogP contribution in [0.5, 0.6) is 0 Å². The Morgan fingerprint density at radius 1 is 1.41 bits per heavy atom. The summed E-state index contributed by atoms with van der Waals surface area (Å²) in [5.74, 6) is -0.261. The van der Waals surface area contributed by atoms with Crippen molar-refractivity contribution in [3.63, 3.8) is 0 Å². The second kappa shape index (κ2) is 6.14. The molecule has 2 aromatic heterocycles. The van der Waals surface area contributed by atoms with Crippen molar-refractivity contribution >= 4 is 36.0 Å². The van der Waals surface area contributed by atoms with Gasteiger partial charge < -0.3 is 24.3 Å². The van der Waals surface area contributed by atoms with Crippen molar-refractivity contribution in [2.75, 3.05) is 25.2 Å². The van der Waals surface area contributed by atoms with E-state index >= 15 is 0 Å². The molecule has 3 heterocycles. The molecule has 2 saturated carbocycles. The number of nitrogens with two attached hydrogens (primary N) is 1. The smallest absolute Gasteiger partial charge is 0.226 e. The lowest BCUT2D eigenvalue weighted by molar-refractivity contribution is -0.160. The summed E-state index contributed by atoms with van der Waals surface area (Å²) in [6.07, 6.45) is 2.69. The summed E-state index contributed by atoms with van der Waals surface area (Å²) >= 11 is 6.06. The SMILES string of the molecule is CCO[P@](C)(=O)C[C@]12C[C@@H]1[C@@H](n1cnc3c(N)nc(Cl)nc31)[C@@H]1OC(C)(C)O[C@@H]12. The first-order chi connectivity index (χ1) is 13.6. The Bertz CT molecular complexity index is 1040. The largest absolute Gasteiger partial charge is 0.382 e. The third kappa shape index (κ3) is 2.93. The highest BCUT2D eigenvalue weighted by Crippen LogP contribution is 2.75. The minimum Gasteiger partial charge on any atom is -0.382 e. The van der Waals surface area contributed by atoms with Gasteiger partial charge in [-0.15, -0.1) is 0 Å². The first kappa shape index (κ1) is 19.7. The summed E-state index contributed by atoms with van der Waals surface area (Å²) < 4.78 is 33.3. The number of halogens is 1. The van der Waals surface area contributed by atoms with E-state index in [-0.39, 0.29) is 40.7 Å². The number of anilines is 1. The van der Waals surface area contributed by atoms with E-state index in [0.29, 0.717) is 23.9 Å². The van der Waals surface area contributed by atoms with E-state index in [2.05, 4.69) is 15.0 Å². The Morgan fingerprint density at radius 2 is 2.17 bits per heavy atom. The molecule has 0 amide bonds. The first-order valence-corrected chi connectivity index (χ1v) is 12.4. The average Bonchev–Trinajstić information content (AvgIpc) is 2.87. The molecule has 1 saturated heterocycles. The third-order valence-electron chi connectivity index (χ3n) is 6.35. The zero-order valence-corrected chi connectivity index (χ0v) is 18.5. The molecule has 2 N–H and O–H groups in total. The second-order valence-corrected chi connectivity index (χ2v) is 11.8. The number of fused-ring (bicyclic) bond motifs is 4. The number of rotatable bonds is 5. The summed E-state index contributed by atoms with van der Waals surface area (Å²) in [6.45, 7) is 7.82. The molecule has 0 radical (unpaired) electrons. The maximum Gasteiger partial charge on any atom is 0.226 e. The first-order valence-electron chi connectivity index (χ1n) is 9.79. The molecule has 3 aliphatic rings. The topological polar surface area (TPSA) is 114 Å². The van der Waals surface area contributed by atoms with Gasteiger partial charge in [-0.2, -0.15) is 9.97 Å². The number of nitrogens with zero attached hydrogens (tertiary/aromatic N) is 4. The van der Waals surface area contributed by atoms with E-state index in [1.165, 1.54) is 0 Å². The molecular formula is C18H25ClN5O4P. The van der Waals surface area contributed by atoms with E-state index in [9.17, 15) is 4.57 Å². The molecule has 0 bridgehead atoms. The minimum atomic E-state index is -2.75. The normalized spacial score (nSPS) is 36.7. The number of nitrogen functional groups attached to an aromatic ring is 1. The number of aromatic nitrogens is 4. The fourth-order valence-corrected chi connectivity index (χ4v) is 7.88. The summed E-state index contributed by atoms with van der Waals surface area (Å²) in [6, 6.07) is -0.0706. The molecule has 29 heavy (non-hydrogen) atoms. The van der Waals surface area contributed by atoms with Crippen molar-refractivity contribution < 1.29 is 18.6 Å². The van der Waals surface area contributed by atoms with Crippen molar-refractivity contribution in [3.8, 4) is 0 Å². The highest BCUT2D eigenvalue weighted by atomic mass is 35.5. The fraction of sp³-hybridized carbons (Fsp3) is 0.722. The van der Waals surface area contributed by atoms with Gasteiger partial charge in [-0.25, -0.2) is 4.98 Å².